The fourth-order valence-corrected chi connectivity index (χ4v) is 17.4. The van der Waals surface area contributed by atoms with E-state index in [2.05, 4.69) is 54.0 Å². The number of carbonyl (C=O) groups excluding carboxylic acids is 1. The lowest BCUT2D eigenvalue weighted by Crippen LogP contribution is -2.75. The summed E-state index contributed by atoms with van der Waals surface area (Å²) in [4.78, 5) is 35.6. The van der Waals surface area contributed by atoms with Crippen LogP contribution in [0.4, 0.5) is 0 Å². The number of hydrogen-bond acceptors (Lipinski definition) is 14. The molecule has 9 rings (SSSR count). The van der Waals surface area contributed by atoms with Crippen molar-refractivity contribution >= 4 is 11.9 Å². The quantitative estimate of drug-likeness (QED) is 0.0759. The number of imidazole rings is 1. The van der Waals surface area contributed by atoms with Crippen LogP contribution < -0.4 is 11.1 Å². The van der Waals surface area contributed by atoms with Crippen LogP contribution in [0.1, 0.15) is 116 Å². The molecule has 4 bridgehead atoms. The Balaban J connectivity index is 1.27. The minimum absolute atomic E-state index is 0.0508. The first-order valence-electron chi connectivity index (χ1n) is 25.7. The number of aromatic amines is 1. The minimum Gasteiger partial charge on any atom is -0.481 e. The highest BCUT2D eigenvalue weighted by Gasteiger charge is 2.76. The summed E-state index contributed by atoms with van der Waals surface area (Å²) in [6.45, 7) is 7.13. The van der Waals surface area contributed by atoms with Crippen LogP contribution in [0.2, 0.25) is 0 Å². The van der Waals surface area contributed by atoms with Gasteiger partial charge in [0.2, 0.25) is 5.91 Å². The van der Waals surface area contributed by atoms with Gasteiger partial charge in [-0.3, -0.25) is 9.59 Å². The van der Waals surface area contributed by atoms with Gasteiger partial charge in [0.05, 0.1) is 55.8 Å². The molecule has 3 heterocycles. The van der Waals surface area contributed by atoms with Gasteiger partial charge in [-0.05, 0) is 117 Å². The molecule has 4 saturated carbocycles. The molecule has 6 aliphatic carbocycles. The van der Waals surface area contributed by atoms with E-state index in [1.54, 1.807) is 19.4 Å². The number of amides is 1. The topological polar surface area (TPSA) is 301 Å². The highest BCUT2D eigenvalue weighted by molar-refractivity contribution is 5.82. The van der Waals surface area contributed by atoms with Crippen LogP contribution >= 0.6 is 0 Å². The van der Waals surface area contributed by atoms with Crippen molar-refractivity contribution in [1.29, 1.82) is 0 Å². The molecular formula is C52H78N4O13. The second-order valence-electron chi connectivity index (χ2n) is 23.8. The first-order valence-corrected chi connectivity index (χ1v) is 25.7. The first-order chi connectivity index (χ1) is 32.8. The zero-order chi connectivity index (χ0) is 49.6. The van der Waals surface area contributed by atoms with Crippen molar-refractivity contribution < 1.29 is 65.0 Å². The predicted molar refractivity (Wildman–Crippen MR) is 249 cm³/mol. The molecule has 2 aliphatic heterocycles. The number of ether oxygens (including phenoxy) is 2. The lowest BCUT2D eigenvalue weighted by atomic mass is 9.30. The highest BCUT2D eigenvalue weighted by atomic mass is 16.7. The van der Waals surface area contributed by atoms with Gasteiger partial charge in [-0.25, -0.2) is 4.98 Å². The molecule has 13 N–H and O–H groups in total. The summed E-state index contributed by atoms with van der Waals surface area (Å²) in [5, 5.41) is 106. The number of carboxylic acid groups (broad SMARTS) is 1. The average molecular weight is 967 g/mol. The SMILES string of the molecule is C[C@]1(CO)CC[C@]2(C(=O)O)CC[C@@]34CCC#C[C@H]([C@H]5[C@@H]([C@H](CCCN)c6cnc[nH]6)NC(=O)[C@@H]5CO)[C@H]5[C@@H](O)[C@@H](O[C@@H]6OC[C@@H](O)[C@H](O)[C@H]6O)[C@@](C)([C@H](O)CO)[C@H]6CC[C@]3(C)[C@H](CC=C4[C@@H]2C1)[C@@]56C. The Hall–Kier alpha value is -2.99. The molecule has 69 heavy (non-hydrogen) atoms. The van der Waals surface area contributed by atoms with E-state index in [1.165, 1.54) is 0 Å². The van der Waals surface area contributed by atoms with Crippen molar-refractivity contribution in [3.8, 4) is 11.8 Å². The van der Waals surface area contributed by atoms with Crippen molar-refractivity contribution in [2.75, 3.05) is 33.0 Å². The second-order valence-corrected chi connectivity index (χ2v) is 23.8. The first kappa shape index (κ1) is 50.9. The number of aliphatic carboxylic acids is 1. The van der Waals surface area contributed by atoms with Gasteiger partial charge in [0.1, 0.15) is 18.3 Å². The van der Waals surface area contributed by atoms with Crippen LogP contribution in [0.5, 0.6) is 0 Å². The summed E-state index contributed by atoms with van der Waals surface area (Å²) in [5.74, 6) is 1.42. The Kier molecular flexibility index (Phi) is 13.7. The van der Waals surface area contributed by atoms with Gasteiger partial charge in [-0.15, -0.1) is 5.92 Å². The third-order valence-corrected chi connectivity index (χ3v) is 21.1. The highest BCUT2D eigenvalue weighted by Crippen LogP contribution is 2.79. The van der Waals surface area contributed by atoms with E-state index in [0.29, 0.717) is 83.6 Å². The maximum Gasteiger partial charge on any atom is 0.310 e. The standard InChI is InChI=1S/C52H78N4O13/c1-47(25-59)15-16-51(46(66)67)17-18-52-13-6-5-8-28(37-29(22-57)44(65)56-39(37)27(9-7-19-53)32-21-54-26-55-32)38-41(63)43(69-45-42(64)40(62)33(60)24-68-45)50(4,36(61)23-58)35-12-14-48(52,2)34(49(35,38)3)11-10-30(52)31(51)20-47/h10,21,26-29,31,33-43,45,57-64H,6-7,9,11-20,22-25,53H2,1-4H3,(H,54,55)(H,56,65)(H,66,67)/t27-,28-,29-,31+,33-,34+,35+,36-,37-,38+,39-,40+,41-,42-,43-,45+,47+,48-,49-,50-,51+,52-/m1/s1. The number of hydrogen-bond donors (Lipinski definition) is 12. The number of carboxylic acids is 1. The molecule has 1 aromatic heterocycles. The number of nitrogens with zero attached hydrogens (tertiary/aromatic N) is 1. The molecular weight excluding hydrogens is 889 g/mol. The van der Waals surface area contributed by atoms with Crippen LogP contribution in [-0.2, 0) is 19.1 Å². The Morgan fingerprint density at radius 3 is 2.43 bits per heavy atom. The largest absolute Gasteiger partial charge is 0.481 e. The lowest BCUT2D eigenvalue weighted by Gasteiger charge is -2.75. The molecule has 0 radical (unpaired) electrons. The monoisotopic (exact) mass is 967 g/mol. The number of nitrogens with two attached hydrogens (primary N) is 1. The van der Waals surface area contributed by atoms with Gasteiger partial charge in [0.15, 0.2) is 6.29 Å². The Bertz CT molecular complexity index is 2170. The van der Waals surface area contributed by atoms with Crippen molar-refractivity contribution in [1.82, 2.24) is 15.3 Å². The Labute approximate surface area is 405 Å². The summed E-state index contributed by atoms with van der Waals surface area (Å²) in [7, 11) is 0. The van der Waals surface area contributed by atoms with Crippen molar-refractivity contribution in [3.63, 3.8) is 0 Å². The molecule has 1 aromatic rings. The van der Waals surface area contributed by atoms with Gasteiger partial charge >= 0.3 is 5.97 Å². The third-order valence-electron chi connectivity index (χ3n) is 21.1. The predicted octanol–water partition coefficient (Wildman–Crippen LogP) is 1.56. The summed E-state index contributed by atoms with van der Waals surface area (Å²) < 4.78 is 12.6. The fourth-order valence-electron chi connectivity index (χ4n) is 17.4. The number of rotatable bonds is 13. The van der Waals surface area contributed by atoms with E-state index in [4.69, 9.17) is 15.2 Å². The van der Waals surface area contributed by atoms with E-state index in [0.717, 1.165) is 11.3 Å². The van der Waals surface area contributed by atoms with E-state index >= 15 is 0 Å². The van der Waals surface area contributed by atoms with Crippen LogP contribution in [-0.4, -0.2) is 150 Å². The molecule has 1 amide bonds. The van der Waals surface area contributed by atoms with Crippen molar-refractivity contribution in [3.05, 3.63) is 29.9 Å². The van der Waals surface area contributed by atoms with E-state index in [1.807, 2.05) is 0 Å². The minimum atomic E-state index is -1.74. The lowest BCUT2D eigenvalue weighted by molar-refractivity contribution is -0.351. The number of H-pyrrole nitrogens is 1. The van der Waals surface area contributed by atoms with E-state index < -0.39 is 130 Å². The molecule has 2 saturated heterocycles. The Morgan fingerprint density at radius 1 is 1.01 bits per heavy atom. The number of aliphatic hydroxyl groups is 8. The summed E-state index contributed by atoms with van der Waals surface area (Å²) in [6.07, 6.45) is 1.43. The van der Waals surface area contributed by atoms with Gasteiger partial charge in [-0.1, -0.05) is 45.3 Å². The number of nitrogens with one attached hydrogen (secondary N) is 2. The Morgan fingerprint density at radius 2 is 1.77 bits per heavy atom. The summed E-state index contributed by atoms with van der Waals surface area (Å²) >= 11 is 0. The second kappa shape index (κ2) is 18.5. The van der Waals surface area contributed by atoms with E-state index in [-0.39, 0.29) is 36.9 Å². The fraction of sp³-hybridized carbons (Fsp3) is 0.827. The van der Waals surface area contributed by atoms with Crippen LogP contribution in [0, 0.1) is 85.8 Å². The average Bonchev–Trinajstić information content (AvgIpc) is 3.98. The molecule has 17 nitrogen and oxygen atoms in total. The van der Waals surface area contributed by atoms with Gasteiger partial charge in [0, 0.05) is 60.0 Å². The number of carbonyl (C=O) groups is 2. The maximum atomic E-state index is 14.4. The maximum absolute atomic E-state index is 14.4. The van der Waals surface area contributed by atoms with Gasteiger partial charge in [-0.2, -0.15) is 0 Å². The molecule has 0 aromatic carbocycles. The number of aliphatic hydroxyl groups excluding tert-OH is 8. The third kappa shape index (κ3) is 7.38. The van der Waals surface area contributed by atoms with Crippen molar-refractivity contribution in [2.24, 2.45) is 79.6 Å². The zero-order valence-corrected chi connectivity index (χ0v) is 40.7. The molecule has 6 fully saturated rings. The van der Waals surface area contributed by atoms with Crippen molar-refractivity contribution in [2.45, 2.75) is 160 Å². The number of aromatic nitrogens is 2. The molecule has 22 atom stereocenters. The zero-order valence-electron chi connectivity index (χ0n) is 40.7. The van der Waals surface area contributed by atoms with Gasteiger partial charge in [0.25, 0.3) is 0 Å². The molecule has 17 heteroatoms. The van der Waals surface area contributed by atoms with Crippen LogP contribution in [0.15, 0.2) is 24.2 Å². The van der Waals surface area contributed by atoms with Gasteiger partial charge < -0.3 is 71.5 Å². The van der Waals surface area contributed by atoms with Crippen LogP contribution in [0.3, 0.4) is 0 Å². The molecule has 384 valence electrons. The molecule has 0 unspecified atom stereocenters. The number of allylic oxidation sites excluding steroid dienone is 2. The van der Waals surface area contributed by atoms with E-state index in [9.17, 15) is 55.5 Å². The molecule has 8 aliphatic rings. The number of fused-ring (bicyclic) bond motifs is 2. The normalized spacial score (nSPS) is 48.9. The summed E-state index contributed by atoms with van der Waals surface area (Å²) in [6, 6.07) is -0.609. The summed E-state index contributed by atoms with van der Waals surface area (Å²) in [5.41, 5.74) is 3.11. The van der Waals surface area contributed by atoms with Crippen LogP contribution in [0.25, 0.3) is 0 Å². The smallest absolute Gasteiger partial charge is 0.310 e. The molecule has 1 spiro atoms.